The summed E-state index contributed by atoms with van der Waals surface area (Å²) >= 11 is 0. The Morgan fingerprint density at radius 3 is 2.41 bits per heavy atom. The van der Waals surface area contributed by atoms with Crippen LogP contribution in [0.4, 0.5) is 15.8 Å². The topological polar surface area (TPSA) is 64.8 Å². The summed E-state index contributed by atoms with van der Waals surface area (Å²) in [6, 6.07) is 14.4. The third-order valence-electron chi connectivity index (χ3n) is 5.55. The monoisotopic (exact) mass is 437 g/mol. The van der Waals surface area contributed by atoms with Gasteiger partial charge in [0.2, 0.25) is 5.89 Å². The first kappa shape index (κ1) is 22.0. The molecular weight excluding hydrogens is 409 g/mol. The summed E-state index contributed by atoms with van der Waals surface area (Å²) in [6.45, 7) is 5.22. The molecule has 0 unspecified atom stereocenters. The van der Waals surface area contributed by atoms with Gasteiger partial charge in [-0.2, -0.15) is 0 Å². The second kappa shape index (κ2) is 9.93. The van der Waals surface area contributed by atoms with Gasteiger partial charge in [0, 0.05) is 58.2 Å². The lowest BCUT2D eigenvalue weighted by Crippen LogP contribution is -2.45. The fraction of sp³-hybridized carbons (Fsp3) is 0.333. The first-order valence-corrected chi connectivity index (χ1v) is 10.7. The van der Waals surface area contributed by atoms with Gasteiger partial charge in [0.05, 0.1) is 6.54 Å². The maximum absolute atomic E-state index is 13.3. The summed E-state index contributed by atoms with van der Waals surface area (Å²) in [7, 11) is 4.09. The molecule has 1 aromatic heterocycles. The highest BCUT2D eigenvalue weighted by molar-refractivity contribution is 6.02. The number of carbonyl (C=O) groups is 1. The molecule has 168 valence electrons. The second-order valence-corrected chi connectivity index (χ2v) is 8.20. The summed E-state index contributed by atoms with van der Waals surface area (Å²) in [6.07, 6.45) is 1.34. The quantitative estimate of drug-likeness (QED) is 0.611. The number of anilines is 2. The Labute approximate surface area is 187 Å². The van der Waals surface area contributed by atoms with Gasteiger partial charge in [0.25, 0.3) is 5.91 Å². The molecule has 1 saturated heterocycles. The van der Waals surface area contributed by atoms with E-state index in [9.17, 15) is 9.18 Å². The number of hydrogen-bond donors (Lipinski definition) is 1. The highest BCUT2D eigenvalue weighted by Crippen LogP contribution is 2.16. The summed E-state index contributed by atoms with van der Waals surface area (Å²) in [5, 5.41) is 2.63. The summed E-state index contributed by atoms with van der Waals surface area (Å²) in [5.74, 6) is -0.328. The van der Waals surface area contributed by atoms with E-state index >= 15 is 0 Å². The van der Waals surface area contributed by atoms with Gasteiger partial charge in [-0.25, -0.2) is 9.37 Å². The van der Waals surface area contributed by atoms with Crippen LogP contribution in [-0.4, -0.2) is 61.0 Å². The number of nitrogens with zero attached hydrogens (tertiary/aromatic N) is 4. The summed E-state index contributed by atoms with van der Waals surface area (Å²) in [5.41, 5.74) is 3.08. The maximum atomic E-state index is 13.3. The Balaban J connectivity index is 1.25. The lowest BCUT2D eigenvalue weighted by molar-refractivity contribution is 0.102. The first-order valence-electron chi connectivity index (χ1n) is 10.7. The molecule has 0 atom stereocenters. The van der Waals surface area contributed by atoms with E-state index in [2.05, 4.69) is 49.3 Å². The van der Waals surface area contributed by atoms with Crippen LogP contribution in [0.15, 0.2) is 59.2 Å². The molecule has 32 heavy (non-hydrogen) atoms. The predicted molar refractivity (Wildman–Crippen MR) is 122 cm³/mol. The van der Waals surface area contributed by atoms with Crippen molar-refractivity contribution < 1.29 is 13.6 Å². The second-order valence-electron chi connectivity index (χ2n) is 8.20. The van der Waals surface area contributed by atoms with Crippen LogP contribution in [0.2, 0.25) is 0 Å². The van der Waals surface area contributed by atoms with Crippen molar-refractivity contribution in [3.8, 4) is 0 Å². The van der Waals surface area contributed by atoms with Gasteiger partial charge in [-0.3, -0.25) is 14.6 Å². The van der Waals surface area contributed by atoms with E-state index in [1.54, 1.807) is 6.07 Å². The number of benzene rings is 2. The normalized spacial score (nSPS) is 15.0. The van der Waals surface area contributed by atoms with Gasteiger partial charge in [0.1, 0.15) is 12.1 Å². The van der Waals surface area contributed by atoms with E-state index < -0.39 is 11.7 Å². The zero-order chi connectivity index (χ0) is 22.5. The van der Waals surface area contributed by atoms with Crippen molar-refractivity contribution >= 4 is 17.3 Å². The number of oxazole rings is 1. The van der Waals surface area contributed by atoms with E-state index in [1.165, 1.54) is 35.7 Å². The Kier molecular flexibility index (Phi) is 6.82. The van der Waals surface area contributed by atoms with Crippen LogP contribution >= 0.6 is 0 Å². The van der Waals surface area contributed by atoms with E-state index in [0.717, 1.165) is 32.7 Å². The maximum Gasteiger partial charge on any atom is 0.277 e. The molecule has 1 aliphatic heterocycles. The van der Waals surface area contributed by atoms with Crippen LogP contribution in [0.3, 0.4) is 0 Å². The third-order valence-corrected chi connectivity index (χ3v) is 5.55. The van der Waals surface area contributed by atoms with Gasteiger partial charge in [-0.05, 0) is 35.9 Å². The van der Waals surface area contributed by atoms with E-state index in [4.69, 9.17) is 4.42 Å². The highest BCUT2D eigenvalue weighted by atomic mass is 19.1. The Morgan fingerprint density at radius 1 is 1.06 bits per heavy atom. The fourth-order valence-electron chi connectivity index (χ4n) is 3.70. The third kappa shape index (κ3) is 5.72. The number of rotatable bonds is 7. The van der Waals surface area contributed by atoms with Crippen molar-refractivity contribution in [1.82, 2.24) is 14.8 Å². The summed E-state index contributed by atoms with van der Waals surface area (Å²) in [4.78, 5) is 23.4. The Hall–Kier alpha value is -3.23. The molecule has 0 bridgehead atoms. The lowest BCUT2D eigenvalue weighted by Gasteiger charge is -2.34. The molecule has 1 amide bonds. The molecule has 3 aromatic rings. The molecule has 0 saturated carbocycles. The van der Waals surface area contributed by atoms with Gasteiger partial charge in [-0.15, -0.1) is 0 Å². The van der Waals surface area contributed by atoms with Crippen molar-refractivity contribution in [1.29, 1.82) is 0 Å². The van der Waals surface area contributed by atoms with Gasteiger partial charge in [0.15, 0.2) is 5.69 Å². The molecule has 0 radical (unpaired) electrons. The van der Waals surface area contributed by atoms with E-state index in [1.807, 2.05) is 14.1 Å². The minimum absolute atomic E-state index is 0.184. The van der Waals surface area contributed by atoms with Crippen molar-refractivity contribution in [3.63, 3.8) is 0 Å². The minimum Gasteiger partial charge on any atom is -0.447 e. The fourth-order valence-corrected chi connectivity index (χ4v) is 3.70. The van der Waals surface area contributed by atoms with Crippen LogP contribution in [0.25, 0.3) is 0 Å². The number of amides is 1. The van der Waals surface area contributed by atoms with Crippen LogP contribution in [-0.2, 0) is 13.1 Å². The van der Waals surface area contributed by atoms with E-state index in [-0.39, 0.29) is 5.69 Å². The smallest absolute Gasteiger partial charge is 0.277 e. The molecule has 2 aromatic carbocycles. The molecule has 7 nitrogen and oxygen atoms in total. The molecular formula is C24H28FN5O2. The molecule has 8 heteroatoms. The minimum atomic E-state index is -0.421. The average Bonchev–Trinajstić information content (AvgIpc) is 3.24. The van der Waals surface area contributed by atoms with Crippen LogP contribution < -0.4 is 10.2 Å². The zero-order valence-electron chi connectivity index (χ0n) is 18.4. The molecule has 1 fully saturated rings. The molecule has 1 N–H and O–H groups in total. The molecule has 2 heterocycles. The number of carbonyl (C=O) groups excluding carboxylic acids is 1. The first-order chi connectivity index (χ1) is 15.5. The predicted octanol–water partition coefficient (Wildman–Crippen LogP) is 3.45. The number of halogens is 1. The largest absolute Gasteiger partial charge is 0.447 e. The SMILES string of the molecule is CN(C)c1ccc(CN2CCN(Cc3nc(C(=O)Nc4cccc(F)c4)co3)CC2)cc1. The number of hydrogen-bond acceptors (Lipinski definition) is 6. The van der Waals surface area contributed by atoms with Crippen LogP contribution in [0, 0.1) is 5.82 Å². The average molecular weight is 438 g/mol. The molecule has 4 rings (SSSR count). The van der Waals surface area contributed by atoms with Crippen LogP contribution in [0.1, 0.15) is 21.9 Å². The lowest BCUT2D eigenvalue weighted by atomic mass is 10.1. The van der Waals surface area contributed by atoms with E-state index in [0.29, 0.717) is 18.1 Å². The van der Waals surface area contributed by atoms with Gasteiger partial charge in [-0.1, -0.05) is 18.2 Å². The number of piperazine rings is 1. The molecule has 1 aliphatic rings. The number of nitrogens with one attached hydrogen (secondary N) is 1. The number of aromatic nitrogens is 1. The molecule has 0 spiro atoms. The van der Waals surface area contributed by atoms with Gasteiger partial charge < -0.3 is 14.6 Å². The highest BCUT2D eigenvalue weighted by Gasteiger charge is 2.20. The van der Waals surface area contributed by atoms with Crippen molar-refractivity contribution in [3.05, 3.63) is 77.8 Å². The van der Waals surface area contributed by atoms with Crippen LogP contribution in [0.5, 0.6) is 0 Å². The van der Waals surface area contributed by atoms with Gasteiger partial charge >= 0.3 is 0 Å². The Morgan fingerprint density at radius 2 is 1.75 bits per heavy atom. The molecule has 0 aliphatic carbocycles. The van der Waals surface area contributed by atoms with Crippen molar-refractivity contribution in [2.24, 2.45) is 0 Å². The Bertz CT molecular complexity index is 1040. The van der Waals surface area contributed by atoms with Crippen molar-refractivity contribution in [2.45, 2.75) is 13.1 Å². The standard InChI is InChI=1S/C24H28FN5O2/c1-28(2)21-8-6-18(7-9-21)15-29-10-12-30(13-11-29)16-23-27-22(17-32-23)24(31)26-20-5-3-4-19(25)14-20/h3-9,14,17H,10-13,15-16H2,1-2H3,(H,26,31). The zero-order valence-corrected chi connectivity index (χ0v) is 18.4. The van der Waals surface area contributed by atoms with Crippen molar-refractivity contribution in [2.75, 3.05) is 50.5 Å². The summed E-state index contributed by atoms with van der Waals surface area (Å²) < 4.78 is 18.8.